The number of hydrogen-bond donors (Lipinski definition) is 0. The first kappa shape index (κ1) is 8.69. The third-order valence-corrected chi connectivity index (χ3v) is 2.28. The molecule has 0 saturated carbocycles. The molecule has 0 spiro atoms. The van der Waals surface area contributed by atoms with Crippen LogP contribution >= 0.6 is 15.9 Å². The van der Waals surface area contributed by atoms with E-state index in [1.165, 1.54) is 0 Å². The summed E-state index contributed by atoms with van der Waals surface area (Å²) in [5, 5.41) is 0. The summed E-state index contributed by atoms with van der Waals surface area (Å²) in [5.41, 5.74) is 1.65. The van der Waals surface area contributed by atoms with Crippen LogP contribution in [-0.2, 0) is 6.42 Å². The molecule has 0 aliphatic carbocycles. The van der Waals surface area contributed by atoms with Gasteiger partial charge in [-0.2, -0.15) is 0 Å². The number of alkyl halides is 1. The van der Waals surface area contributed by atoms with Crippen LogP contribution in [0.15, 0.2) is 29.0 Å². The molecule has 0 amide bonds. The predicted molar refractivity (Wildman–Crippen MR) is 52.6 cm³/mol. The van der Waals surface area contributed by atoms with Crippen molar-refractivity contribution >= 4 is 21.6 Å². The molecule has 2 rings (SSSR count). The van der Waals surface area contributed by atoms with Crippen LogP contribution in [0.3, 0.4) is 0 Å². The lowest BCUT2D eigenvalue weighted by molar-refractivity contribution is 0.492. The minimum Gasteiger partial charge on any atom is -0.306 e. The summed E-state index contributed by atoms with van der Waals surface area (Å²) in [6.07, 6.45) is 4.14. The van der Waals surface area contributed by atoms with Crippen molar-refractivity contribution in [1.29, 1.82) is 0 Å². The fourth-order valence-corrected chi connectivity index (χ4v) is 1.59. The average Bonchev–Trinajstić information content (AvgIpc) is 2.46. The fourth-order valence-electron chi connectivity index (χ4n) is 1.23. The van der Waals surface area contributed by atoms with Gasteiger partial charge in [0.1, 0.15) is 5.65 Å². The fraction of sp³-hybridized carbons (Fsp3) is 0.222. The van der Waals surface area contributed by atoms with Crippen LogP contribution in [0.1, 0.15) is 5.69 Å². The van der Waals surface area contributed by atoms with Gasteiger partial charge in [-0.15, -0.1) is 0 Å². The van der Waals surface area contributed by atoms with Crippen LogP contribution in [0, 0.1) is 0 Å². The van der Waals surface area contributed by atoms with Crippen molar-refractivity contribution in [3.8, 4) is 0 Å². The van der Waals surface area contributed by atoms with E-state index in [-0.39, 0.29) is 6.67 Å². The Bertz CT molecular complexity index is 424. The summed E-state index contributed by atoms with van der Waals surface area (Å²) in [5.74, 6) is 0. The third kappa shape index (κ3) is 1.72. The first-order valence-electron chi connectivity index (χ1n) is 3.99. The van der Waals surface area contributed by atoms with Crippen LogP contribution < -0.4 is 0 Å². The zero-order valence-corrected chi connectivity index (χ0v) is 8.46. The van der Waals surface area contributed by atoms with E-state index in [1.54, 1.807) is 0 Å². The first-order valence-corrected chi connectivity index (χ1v) is 4.78. The molecule has 2 heterocycles. The molecular formula is C9H8BrFN2. The quantitative estimate of drug-likeness (QED) is 0.792. The smallest absolute Gasteiger partial charge is 0.137 e. The molecule has 0 aliphatic rings. The highest BCUT2D eigenvalue weighted by molar-refractivity contribution is 9.10. The van der Waals surface area contributed by atoms with E-state index in [2.05, 4.69) is 20.9 Å². The Kier molecular flexibility index (Phi) is 2.31. The van der Waals surface area contributed by atoms with Gasteiger partial charge in [0.15, 0.2) is 0 Å². The van der Waals surface area contributed by atoms with E-state index in [9.17, 15) is 4.39 Å². The second-order valence-electron chi connectivity index (χ2n) is 2.78. The number of aromatic nitrogens is 2. The van der Waals surface area contributed by atoms with Gasteiger partial charge in [0.25, 0.3) is 0 Å². The summed E-state index contributed by atoms with van der Waals surface area (Å²) in [4.78, 5) is 4.25. The van der Waals surface area contributed by atoms with Crippen molar-refractivity contribution < 1.29 is 4.39 Å². The van der Waals surface area contributed by atoms with Crippen LogP contribution in [0.2, 0.25) is 0 Å². The van der Waals surface area contributed by atoms with E-state index in [1.807, 2.05) is 28.9 Å². The lowest BCUT2D eigenvalue weighted by atomic mass is 10.4. The monoisotopic (exact) mass is 242 g/mol. The van der Waals surface area contributed by atoms with Gasteiger partial charge in [-0.3, -0.25) is 4.39 Å². The first-order chi connectivity index (χ1) is 6.29. The van der Waals surface area contributed by atoms with Gasteiger partial charge in [-0.25, -0.2) is 4.98 Å². The molecule has 68 valence electrons. The van der Waals surface area contributed by atoms with Crippen molar-refractivity contribution in [2.24, 2.45) is 0 Å². The molecule has 0 aliphatic heterocycles. The van der Waals surface area contributed by atoms with E-state index in [0.717, 1.165) is 15.8 Å². The topological polar surface area (TPSA) is 17.3 Å². The Morgan fingerprint density at radius 3 is 3.00 bits per heavy atom. The summed E-state index contributed by atoms with van der Waals surface area (Å²) in [7, 11) is 0. The molecule has 0 fully saturated rings. The number of rotatable bonds is 2. The van der Waals surface area contributed by atoms with Gasteiger partial charge in [0.05, 0.1) is 12.4 Å². The van der Waals surface area contributed by atoms with E-state index in [4.69, 9.17) is 0 Å². The summed E-state index contributed by atoms with van der Waals surface area (Å²) in [6, 6.07) is 3.81. The van der Waals surface area contributed by atoms with E-state index < -0.39 is 0 Å². The second-order valence-corrected chi connectivity index (χ2v) is 3.70. The lowest BCUT2D eigenvalue weighted by Crippen LogP contribution is -1.84. The lowest BCUT2D eigenvalue weighted by Gasteiger charge is -1.91. The van der Waals surface area contributed by atoms with Gasteiger partial charge in [0, 0.05) is 23.3 Å². The van der Waals surface area contributed by atoms with Crippen LogP contribution in [0.5, 0.6) is 0 Å². The zero-order chi connectivity index (χ0) is 9.26. The number of nitrogens with zero attached hydrogens (tertiary/aromatic N) is 2. The highest BCUT2D eigenvalue weighted by atomic mass is 79.9. The number of halogens is 2. The molecule has 2 nitrogen and oxygen atoms in total. The summed E-state index contributed by atoms with van der Waals surface area (Å²) >= 11 is 3.36. The van der Waals surface area contributed by atoms with Crippen molar-refractivity contribution in [3.05, 3.63) is 34.7 Å². The maximum atomic E-state index is 12.0. The molecule has 0 unspecified atom stereocenters. The Labute approximate surface area is 83.5 Å². The van der Waals surface area contributed by atoms with Crippen molar-refractivity contribution in [2.45, 2.75) is 6.42 Å². The largest absolute Gasteiger partial charge is 0.306 e. The van der Waals surface area contributed by atoms with Crippen molar-refractivity contribution in [3.63, 3.8) is 0 Å². The highest BCUT2D eigenvalue weighted by Gasteiger charge is 2.00. The van der Waals surface area contributed by atoms with Crippen LogP contribution in [0.25, 0.3) is 5.65 Å². The second kappa shape index (κ2) is 3.46. The molecule has 0 aromatic carbocycles. The van der Waals surface area contributed by atoms with Crippen LogP contribution in [0.4, 0.5) is 4.39 Å². The molecule has 13 heavy (non-hydrogen) atoms. The molecule has 0 radical (unpaired) electrons. The number of pyridine rings is 1. The minimum atomic E-state index is -0.356. The normalized spacial score (nSPS) is 10.9. The summed E-state index contributed by atoms with van der Waals surface area (Å²) in [6.45, 7) is -0.356. The number of fused-ring (bicyclic) bond motifs is 1. The Hall–Kier alpha value is -0.900. The molecule has 0 bridgehead atoms. The average molecular weight is 243 g/mol. The molecule has 0 atom stereocenters. The van der Waals surface area contributed by atoms with Gasteiger partial charge in [-0.05, 0) is 28.1 Å². The van der Waals surface area contributed by atoms with Crippen molar-refractivity contribution in [1.82, 2.24) is 9.38 Å². The van der Waals surface area contributed by atoms with Gasteiger partial charge < -0.3 is 4.40 Å². The number of imidazole rings is 1. The van der Waals surface area contributed by atoms with E-state index in [0.29, 0.717) is 6.42 Å². The third-order valence-electron chi connectivity index (χ3n) is 1.82. The van der Waals surface area contributed by atoms with Crippen molar-refractivity contribution in [2.75, 3.05) is 6.67 Å². The van der Waals surface area contributed by atoms with Crippen LogP contribution in [-0.4, -0.2) is 16.1 Å². The van der Waals surface area contributed by atoms with Gasteiger partial charge >= 0.3 is 0 Å². The molecule has 2 aromatic rings. The molecular weight excluding hydrogens is 235 g/mol. The molecule has 0 saturated heterocycles. The SMILES string of the molecule is FCCc1cn2cc(Br)ccc2n1. The summed E-state index contributed by atoms with van der Waals surface area (Å²) < 4.78 is 14.9. The molecule has 0 N–H and O–H groups in total. The molecule has 2 aromatic heterocycles. The Balaban J connectivity index is 2.49. The predicted octanol–water partition coefficient (Wildman–Crippen LogP) is 2.61. The number of hydrogen-bond acceptors (Lipinski definition) is 1. The van der Waals surface area contributed by atoms with Gasteiger partial charge in [-0.1, -0.05) is 0 Å². The Morgan fingerprint density at radius 1 is 1.38 bits per heavy atom. The van der Waals surface area contributed by atoms with E-state index >= 15 is 0 Å². The number of aryl methyl sites for hydroxylation is 1. The highest BCUT2D eigenvalue weighted by Crippen LogP contribution is 2.12. The zero-order valence-electron chi connectivity index (χ0n) is 6.87. The standard InChI is InChI=1S/C9H8BrFN2/c10-7-1-2-9-12-8(3-4-11)6-13(9)5-7/h1-2,5-6H,3-4H2. The molecule has 4 heteroatoms. The minimum absolute atomic E-state index is 0.356. The maximum Gasteiger partial charge on any atom is 0.137 e. The van der Waals surface area contributed by atoms with Gasteiger partial charge in [0.2, 0.25) is 0 Å². The maximum absolute atomic E-state index is 12.0. The Morgan fingerprint density at radius 2 is 2.23 bits per heavy atom.